The van der Waals surface area contributed by atoms with Gasteiger partial charge in [0.2, 0.25) is 0 Å². The number of aromatic nitrogens is 2. The summed E-state index contributed by atoms with van der Waals surface area (Å²) in [5.41, 5.74) is 2.27. The SMILES string of the molecule is COC(=O)C(Sc1nnc(-c2ccc(F)cc2)c2ccccc12)c1ccccc1. The molecule has 1 aromatic heterocycles. The molecule has 0 amide bonds. The first-order valence-electron chi connectivity index (χ1n) is 8.98. The van der Waals surface area contributed by atoms with Crippen LogP contribution in [0.2, 0.25) is 0 Å². The first-order valence-corrected chi connectivity index (χ1v) is 9.86. The van der Waals surface area contributed by atoms with Gasteiger partial charge in [-0.25, -0.2) is 4.39 Å². The fourth-order valence-corrected chi connectivity index (χ4v) is 4.19. The van der Waals surface area contributed by atoms with Crippen molar-refractivity contribution in [1.29, 1.82) is 0 Å². The van der Waals surface area contributed by atoms with Gasteiger partial charge >= 0.3 is 5.97 Å². The average Bonchev–Trinajstić information content (AvgIpc) is 2.78. The fourth-order valence-electron chi connectivity index (χ4n) is 3.09. The minimum absolute atomic E-state index is 0.304. The second kappa shape index (κ2) is 8.41. The second-order valence-electron chi connectivity index (χ2n) is 6.34. The Morgan fingerprint density at radius 3 is 2.24 bits per heavy atom. The summed E-state index contributed by atoms with van der Waals surface area (Å²) in [6.07, 6.45) is 0. The summed E-state index contributed by atoms with van der Waals surface area (Å²) in [6.45, 7) is 0. The number of thioether (sulfide) groups is 1. The van der Waals surface area contributed by atoms with Gasteiger partial charge in [0.15, 0.2) is 0 Å². The van der Waals surface area contributed by atoms with Crippen LogP contribution in [-0.4, -0.2) is 23.3 Å². The van der Waals surface area contributed by atoms with Gasteiger partial charge in [-0.3, -0.25) is 4.79 Å². The van der Waals surface area contributed by atoms with Gasteiger partial charge in [0.25, 0.3) is 0 Å². The highest BCUT2D eigenvalue weighted by Crippen LogP contribution is 2.39. The quantitative estimate of drug-likeness (QED) is 0.327. The summed E-state index contributed by atoms with van der Waals surface area (Å²) >= 11 is 1.30. The van der Waals surface area contributed by atoms with Crippen molar-refractivity contribution in [2.45, 2.75) is 10.3 Å². The van der Waals surface area contributed by atoms with Crippen molar-refractivity contribution in [3.63, 3.8) is 0 Å². The molecule has 144 valence electrons. The lowest BCUT2D eigenvalue weighted by atomic mass is 10.1. The zero-order chi connectivity index (χ0) is 20.2. The van der Waals surface area contributed by atoms with Crippen LogP contribution >= 0.6 is 11.8 Å². The third-order valence-corrected chi connectivity index (χ3v) is 5.74. The Kier molecular flexibility index (Phi) is 5.53. The smallest absolute Gasteiger partial charge is 0.323 e. The van der Waals surface area contributed by atoms with E-state index in [1.54, 1.807) is 12.1 Å². The van der Waals surface area contributed by atoms with E-state index < -0.39 is 5.25 Å². The van der Waals surface area contributed by atoms with E-state index in [2.05, 4.69) is 10.2 Å². The number of nitrogens with zero attached hydrogens (tertiary/aromatic N) is 2. The number of ether oxygens (including phenoxy) is 1. The maximum Gasteiger partial charge on any atom is 0.323 e. The molecule has 0 radical (unpaired) electrons. The molecule has 0 saturated heterocycles. The zero-order valence-electron chi connectivity index (χ0n) is 15.6. The summed E-state index contributed by atoms with van der Waals surface area (Å²) in [7, 11) is 1.38. The first kappa shape index (κ1) is 19.1. The number of carbonyl (C=O) groups is 1. The molecule has 3 aromatic carbocycles. The van der Waals surface area contributed by atoms with Crippen LogP contribution in [-0.2, 0) is 9.53 Å². The molecule has 6 heteroatoms. The van der Waals surface area contributed by atoms with Crippen molar-refractivity contribution < 1.29 is 13.9 Å². The molecule has 0 saturated carbocycles. The Hall–Kier alpha value is -3.25. The minimum atomic E-state index is -0.560. The van der Waals surface area contributed by atoms with Crippen molar-refractivity contribution in [2.24, 2.45) is 0 Å². The maximum absolute atomic E-state index is 13.3. The molecule has 0 fully saturated rings. The lowest BCUT2D eigenvalue weighted by molar-refractivity contribution is -0.140. The number of carbonyl (C=O) groups excluding carboxylic acids is 1. The number of fused-ring (bicyclic) bond motifs is 1. The molecule has 0 aliphatic carbocycles. The van der Waals surface area contributed by atoms with Crippen LogP contribution in [0.1, 0.15) is 10.8 Å². The average molecular weight is 404 g/mol. The van der Waals surface area contributed by atoms with Crippen LogP contribution in [0.4, 0.5) is 4.39 Å². The summed E-state index contributed by atoms with van der Waals surface area (Å²) in [5.74, 6) is -0.656. The predicted octanol–water partition coefficient (Wildman–Crippen LogP) is 5.44. The largest absolute Gasteiger partial charge is 0.468 e. The molecular weight excluding hydrogens is 387 g/mol. The van der Waals surface area contributed by atoms with Gasteiger partial charge in [-0.1, -0.05) is 66.4 Å². The van der Waals surface area contributed by atoms with E-state index in [0.717, 1.165) is 21.9 Å². The van der Waals surface area contributed by atoms with Crippen molar-refractivity contribution in [1.82, 2.24) is 10.2 Å². The van der Waals surface area contributed by atoms with Crippen LogP contribution in [0.15, 0.2) is 83.9 Å². The van der Waals surface area contributed by atoms with E-state index in [1.807, 2.05) is 54.6 Å². The van der Waals surface area contributed by atoms with Crippen molar-refractivity contribution in [3.05, 3.63) is 90.2 Å². The molecule has 4 aromatic rings. The van der Waals surface area contributed by atoms with Crippen LogP contribution in [0.5, 0.6) is 0 Å². The van der Waals surface area contributed by atoms with E-state index >= 15 is 0 Å². The van der Waals surface area contributed by atoms with Gasteiger partial charge in [-0.15, -0.1) is 10.2 Å². The number of hydrogen-bond acceptors (Lipinski definition) is 5. The molecule has 0 bridgehead atoms. The van der Waals surface area contributed by atoms with Gasteiger partial charge in [-0.05, 0) is 29.8 Å². The number of esters is 1. The van der Waals surface area contributed by atoms with Crippen molar-refractivity contribution >= 4 is 28.5 Å². The topological polar surface area (TPSA) is 52.1 Å². The summed E-state index contributed by atoms with van der Waals surface area (Å²) in [5, 5.41) is 10.6. The Labute approximate surface area is 171 Å². The Morgan fingerprint density at radius 2 is 1.55 bits per heavy atom. The predicted molar refractivity (Wildman–Crippen MR) is 112 cm³/mol. The highest BCUT2D eigenvalue weighted by Gasteiger charge is 2.25. The van der Waals surface area contributed by atoms with E-state index in [-0.39, 0.29) is 11.8 Å². The highest BCUT2D eigenvalue weighted by molar-refractivity contribution is 8.00. The molecule has 1 unspecified atom stereocenters. The Balaban J connectivity index is 1.79. The number of hydrogen-bond donors (Lipinski definition) is 0. The van der Waals surface area contributed by atoms with Gasteiger partial charge in [0, 0.05) is 16.3 Å². The summed E-state index contributed by atoms with van der Waals surface area (Å²) in [6, 6.07) is 23.3. The van der Waals surface area contributed by atoms with Crippen molar-refractivity contribution in [2.75, 3.05) is 7.11 Å². The Bertz CT molecular complexity index is 1150. The number of rotatable bonds is 5. The van der Waals surface area contributed by atoms with E-state index in [9.17, 15) is 9.18 Å². The third kappa shape index (κ3) is 3.98. The van der Waals surface area contributed by atoms with Gasteiger partial charge < -0.3 is 4.74 Å². The van der Waals surface area contributed by atoms with Crippen LogP contribution in [0, 0.1) is 5.82 Å². The molecule has 0 spiro atoms. The van der Waals surface area contributed by atoms with Gasteiger partial charge in [0.1, 0.15) is 21.8 Å². The monoisotopic (exact) mass is 404 g/mol. The van der Waals surface area contributed by atoms with Crippen LogP contribution in [0.25, 0.3) is 22.0 Å². The molecule has 0 aliphatic heterocycles. The van der Waals surface area contributed by atoms with Crippen LogP contribution in [0.3, 0.4) is 0 Å². The van der Waals surface area contributed by atoms with E-state index in [4.69, 9.17) is 4.74 Å². The molecule has 0 aliphatic rings. The van der Waals surface area contributed by atoms with E-state index in [1.165, 1.54) is 31.0 Å². The molecule has 4 nitrogen and oxygen atoms in total. The molecule has 29 heavy (non-hydrogen) atoms. The number of halogens is 1. The standard InChI is InChI=1S/C23H17FN2O2S/c1-28-23(27)21(16-7-3-2-4-8-16)29-22-19-10-6-5-9-18(19)20(25-26-22)15-11-13-17(24)14-12-15/h2-14,21H,1H3. The molecule has 4 rings (SSSR count). The lowest BCUT2D eigenvalue weighted by Gasteiger charge is -2.16. The summed E-state index contributed by atoms with van der Waals surface area (Å²) < 4.78 is 18.3. The minimum Gasteiger partial charge on any atom is -0.468 e. The van der Waals surface area contributed by atoms with Gasteiger partial charge in [0.05, 0.1) is 7.11 Å². The van der Waals surface area contributed by atoms with Gasteiger partial charge in [-0.2, -0.15) is 0 Å². The van der Waals surface area contributed by atoms with E-state index in [0.29, 0.717) is 10.7 Å². The zero-order valence-corrected chi connectivity index (χ0v) is 16.4. The lowest BCUT2D eigenvalue weighted by Crippen LogP contribution is -2.11. The molecule has 0 N–H and O–H groups in total. The molecular formula is C23H17FN2O2S. The fraction of sp³-hybridized carbons (Fsp3) is 0.0870. The number of benzene rings is 3. The number of methoxy groups -OCH3 is 1. The molecule has 1 heterocycles. The highest BCUT2D eigenvalue weighted by atomic mass is 32.2. The second-order valence-corrected chi connectivity index (χ2v) is 7.43. The van der Waals surface area contributed by atoms with Crippen LogP contribution < -0.4 is 0 Å². The summed E-state index contributed by atoms with van der Waals surface area (Å²) in [4.78, 5) is 12.4. The Morgan fingerprint density at radius 1 is 0.897 bits per heavy atom. The normalized spacial score (nSPS) is 11.9. The molecule has 1 atom stereocenters. The van der Waals surface area contributed by atoms with Crippen molar-refractivity contribution in [3.8, 4) is 11.3 Å². The maximum atomic E-state index is 13.3. The first-order chi connectivity index (χ1) is 14.2. The third-order valence-electron chi connectivity index (χ3n) is 4.52.